The minimum absolute atomic E-state index is 0.0346. The smallest absolute Gasteiger partial charge is 0.319 e. The molecule has 2 aliphatic carbocycles. The Morgan fingerprint density at radius 3 is 2.43 bits per heavy atom. The van der Waals surface area contributed by atoms with Crippen molar-refractivity contribution in [2.24, 2.45) is 17.8 Å². The number of rotatable bonds is 17. The Balaban J connectivity index is 0.751. The lowest BCUT2D eigenvalue weighted by molar-refractivity contribution is -0.142. The zero-order chi connectivity index (χ0) is 56.8. The van der Waals surface area contributed by atoms with Gasteiger partial charge in [-0.2, -0.15) is 15.1 Å². The summed E-state index contributed by atoms with van der Waals surface area (Å²) in [5.41, 5.74) is 10.8. The van der Waals surface area contributed by atoms with E-state index >= 15 is 4.39 Å². The van der Waals surface area contributed by atoms with Crippen molar-refractivity contribution in [3.05, 3.63) is 112 Å². The maximum Gasteiger partial charge on any atom is 0.319 e. The van der Waals surface area contributed by atoms with Gasteiger partial charge in [-0.1, -0.05) is 67.6 Å². The number of H-pyrrole nitrogens is 1. The van der Waals surface area contributed by atoms with Gasteiger partial charge in [0.15, 0.2) is 5.75 Å². The molecule has 2 saturated carbocycles. The number of fused-ring (bicyclic) bond motifs is 5. The van der Waals surface area contributed by atoms with Crippen LogP contribution in [0.2, 0.25) is 0 Å². The number of thiazole rings is 1. The fourth-order valence-corrected chi connectivity index (χ4v) is 14.5. The van der Waals surface area contributed by atoms with Crippen molar-refractivity contribution in [1.82, 2.24) is 55.7 Å². The van der Waals surface area contributed by atoms with Crippen LogP contribution in [-0.4, -0.2) is 137 Å². The molecule has 14 rings (SSSR count). The number of carbonyl (C=O) groups is 2. The number of aromatic amines is 1. The topological polar surface area (TPSA) is 231 Å². The molecule has 83 heavy (non-hydrogen) atoms. The van der Waals surface area contributed by atoms with Crippen LogP contribution in [-0.2, 0) is 20.9 Å². The molecule has 4 aliphatic heterocycles. The van der Waals surface area contributed by atoms with Crippen LogP contribution in [0.1, 0.15) is 98.3 Å². The van der Waals surface area contributed by atoms with Crippen molar-refractivity contribution in [3.63, 3.8) is 0 Å². The van der Waals surface area contributed by atoms with E-state index in [1.165, 1.54) is 15.6 Å². The first-order chi connectivity index (χ1) is 40.3. The number of hydrogen-bond acceptors (Lipinski definition) is 16. The summed E-state index contributed by atoms with van der Waals surface area (Å²) in [6, 6.07) is 17.6. The van der Waals surface area contributed by atoms with Gasteiger partial charge in [0.1, 0.15) is 47.6 Å². The Kier molecular flexibility index (Phi) is 14.0. The quantitative estimate of drug-likeness (QED) is 0.0580. The Labute approximate surface area is 483 Å². The molecule has 4 aromatic carbocycles. The van der Waals surface area contributed by atoms with E-state index in [1.807, 2.05) is 76.2 Å². The van der Waals surface area contributed by atoms with Crippen LogP contribution in [0.4, 0.5) is 10.2 Å². The number of benzene rings is 4. The van der Waals surface area contributed by atoms with Crippen LogP contribution in [0.3, 0.4) is 0 Å². The summed E-state index contributed by atoms with van der Waals surface area (Å²) in [5, 5.41) is 46.1. The van der Waals surface area contributed by atoms with Gasteiger partial charge >= 0.3 is 6.01 Å². The third-order valence-electron chi connectivity index (χ3n) is 18.2. The molecule has 19 nitrogen and oxygen atoms in total. The number of aliphatic hydroxyl groups is 2. The van der Waals surface area contributed by atoms with Crippen LogP contribution in [0.5, 0.6) is 11.8 Å². The van der Waals surface area contributed by atoms with Crippen LogP contribution in [0, 0.1) is 37.4 Å². The molecule has 0 radical (unpaired) electrons. The molecule has 430 valence electrons. The number of hydrogen-bond donors (Lipinski definition) is 5. The normalized spacial score (nSPS) is 23.7. The number of likely N-dealkylation sites (tertiary alicyclic amines) is 1. The second-order valence-corrected chi connectivity index (χ2v) is 24.9. The molecule has 6 fully saturated rings. The molecule has 8 atom stereocenters. The van der Waals surface area contributed by atoms with Gasteiger partial charge < -0.3 is 44.9 Å². The third kappa shape index (κ3) is 9.96. The minimum Gasteiger partial charge on any atom is -0.486 e. The molecule has 0 spiro atoms. The van der Waals surface area contributed by atoms with Gasteiger partial charge in [0.25, 0.3) is 0 Å². The van der Waals surface area contributed by atoms with E-state index in [0.29, 0.717) is 57.5 Å². The van der Waals surface area contributed by atoms with Crippen LogP contribution in [0.25, 0.3) is 54.6 Å². The summed E-state index contributed by atoms with van der Waals surface area (Å²) >= 11 is 1.54. The molecule has 2 bridgehead atoms. The number of anilines is 1. The zero-order valence-electron chi connectivity index (χ0n) is 46.8. The number of aromatic nitrogens is 8. The van der Waals surface area contributed by atoms with Crippen molar-refractivity contribution in [2.75, 3.05) is 44.4 Å². The second-order valence-electron chi connectivity index (χ2n) is 24.1. The predicted molar refractivity (Wildman–Crippen MR) is 310 cm³/mol. The van der Waals surface area contributed by atoms with Gasteiger partial charge in [-0.25, -0.2) is 14.1 Å². The van der Waals surface area contributed by atoms with Crippen LogP contribution >= 0.6 is 11.3 Å². The maximum atomic E-state index is 16.2. The van der Waals surface area contributed by atoms with Crippen molar-refractivity contribution < 1.29 is 38.4 Å². The van der Waals surface area contributed by atoms with Crippen LogP contribution in [0.15, 0.2) is 78.6 Å². The maximum absolute atomic E-state index is 16.2. The molecule has 4 saturated heterocycles. The number of piperazine rings is 1. The van der Waals surface area contributed by atoms with E-state index in [9.17, 15) is 19.8 Å². The molecule has 2 amide bonds. The van der Waals surface area contributed by atoms with Gasteiger partial charge in [0.05, 0.1) is 52.7 Å². The highest BCUT2D eigenvalue weighted by atomic mass is 32.1. The van der Waals surface area contributed by atoms with Gasteiger partial charge in [0.2, 0.25) is 11.8 Å². The molecular weight excluding hydrogens is 1080 g/mol. The monoisotopic (exact) mass is 1140 g/mol. The zero-order valence-corrected chi connectivity index (χ0v) is 47.6. The highest BCUT2D eigenvalue weighted by Crippen LogP contribution is 2.54. The van der Waals surface area contributed by atoms with E-state index in [2.05, 4.69) is 47.1 Å². The number of carbonyl (C=O) groups excluding carboxylic acids is 2. The number of ether oxygens (including phenoxy) is 3. The lowest BCUT2D eigenvalue weighted by atomic mass is 9.88. The van der Waals surface area contributed by atoms with Gasteiger partial charge in [0, 0.05) is 78.8 Å². The highest BCUT2D eigenvalue weighted by molar-refractivity contribution is 7.13. The molecule has 21 heteroatoms. The van der Waals surface area contributed by atoms with Gasteiger partial charge in [-0.05, 0) is 110 Å². The summed E-state index contributed by atoms with van der Waals surface area (Å²) in [5.74, 6) is 1.04. The predicted octanol–water partition coefficient (Wildman–Crippen LogP) is 8.13. The molecular formula is C62H67FN12O7S. The van der Waals surface area contributed by atoms with E-state index in [0.717, 1.165) is 119 Å². The van der Waals surface area contributed by atoms with E-state index in [-0.39, 0.29) is 61.9 Å². The molecule has 8 aromatic rings. The second kappa shape index (κ2) is 21.6. The summed E-state index contributed by atoms with van der Waals surface area (Å²) in [7, 11) is 0. The summed E-state index contributed by atoms with van der Waals surface area (Å²) in [6.07, 6.45) is 7.32. The lowest BCUT2D eigenvalue weighted by Gasteiger charge is -2.30. The Bertz CT molecular complexity index is 3760. The SMILES string of the molecule is Cc1ncsc1-c1ccc([C@H](CO)NC(=O)[C@@H]2C[C@@H](O)CN2C(=O)[C@H](C(C)C)n2cc(-c3ccc(COc4c(-c5c(C)c(F)cc6[nH]ncc56)c(C5CC5)cc5c(N6C[C@@H]7C[C@H]6CN7)nc(OC6CC7COCC7C6)nc45)cc3)nn2)cc1. The average molecular weight is 1140 g/mol. The largest absolute Gasteiger partial charge is 0.486 e. The first kappa shape index (κ1) is 53.6. The fraction of sp³-hybridized carbons (Fsp3) is 0.452. The van der Waals surface area contributed by atoms with Crippen molar-refractivity contribution in [2.45, 2.75) is 121 Å². The Morgan fingerprint density at radius 2 is 1.73 bits per heavy atom. The third-order valence-corrected chi connectivity index (χ3v) is 19.2. The summed E-state index contributed by atoms with van der Waals surface area (Å²) < 4.78 is 37.6. The molecule has 6 aliphatic rings. The summed E-state index contributed by atoms with van der Waals surface area (Å²) in [4.78, 5) is 48.5. The summed E-state index contributed by atoms with van der Waals surface area (Å²) in [6.45, 7) is 10.5. The first-order valence-electron chi connectivity index (χ1n) is 29.1. The number of aliphatic hydroxyl groups excluding tert-OH is 2. The van der Waals surface area contributed by atoms with Crippen molar-refractivity contribution in [3.8, 4) is 44.6 Å². The molecule has 5 N–H and O–H groups in total. The van der Waals surface area contributed by atoms with Gasteiger partial charge in [-0.15, -0.1) is 16.4 Å². The molecule has 8 heterocycles. The average Bonchev–Trinajstić information content (AvgIpc) is 2.84. The van der Waals surface area contributed by atoms with E-state index in [4.69, 9.17) is 24.2 Å². The standard InChI is InChI=1S/C62H67FN12O7S/c1-31(2)56(61(79)74-24-43(77)18-52(74)60(78)67-51(26-76)37-11-13-38(14-12-37)58-33(4)65-30-83-58)75-25-50(71-72-75)36-7-5-34(6-8-36)27-81-57-54(53-32(3)48(63)20-49-47(53)22-66-70-49)45(35-9-10-35)19-46-55(57)68-62(82-44-15-39-28-80-29-40(39)16-44)69-59(46)73-23-41-17-42(73)21-64-41/h5-8,11-14,19-20,22,25,30-31,35,39-44,51-52,56,64,76-77H,9-10,15-18,21,23-24,26-29H2,1-4H3,(H,66,70)(H,67,78)/t39?,40?,41-,42-,43+,44?,51-,52-,56-/m0/s1. The Morgan fingerprint density at radius 1 is 0.952 bits per heavy atom. The highest BCUT2D eigenvalue weighted by Gasteiger charge is 2.45. The number of aryl methyl sites for hydroxylation is 1. The molecule has 4 aromatic heterocycles. The Hall–Kier alpha value is -7.43. The number of amides is 2. The minimum atomic E-state index is -0.977. The number of halogens is 1. The van der Waals surface area contributed by atoms with Crippen LogP contribution < -0.4 is 25.0 Å². The number of nitrogens with one attached hydrogen (secondary N) is 3. The fourth-order valence-electron chi connectivity index (χ4n) is 13.7. The van der Waals surface area contributed by atoms with Gasteiger partial charge in [-0.3, -0.25) is 14.7 Å². The number of β-amino-alcohol motifs (C(OH)–C–C–N with tert-alkyl or cyclic N) is 1. The first-order valence-corrected chi connectivity index (χ1v) is 30.0. The lowest BCUT2D eigenvalue weighted by Crippen LogP contribution is -2.50. The molecule has 2 unspecified atom stereocenters. The van der Waals surface area contributed by atoms with Crippen molar-refractivity contribution >= 4 is 50.8 Å². The van der Waals surface area contributed by atoms with Crippen molar-refractivity contribution in [1.29, 1.82) is 0 Å². The van der Waals surface area contributed by atoms with E-state index < -0.39 is 30.1 Å². The number of nitrogens with zero attached hydrogens (tertiary/aromatic N) is 9. The van der Waals surface area contributed by atoms with E-state index in [1.54, 1.807) is 29.2 Å².